The molecular weight excluding hydrogens is 222 g/mol. The van der Waals surface area contributed by atoms with Gasteiger partial charge in [0.1, 0.15) is 0 Å². The molecule has 0 unspecified atom stereocenters. The Balaban J connectivity index is 2.11. The highest BCUT2D eigenvalue weighted by Gasteiger charge is 1.99. The number of rotatable bonds is 8. The highest BCUT2D eigenvalue weighted by Crippen LogP contribution is 2.07. The predicted molar refractivity (Wildman–Crippen MR) is 80.3 cm³/mol. The van der Waals surface area contributed by atoms with Gasteiger partial charge in [0, 0.05) is 18.8 Å². The fourth-order valence-corrected chi connectivity index (χ4v) is 1.83. The normalized spacial score (nSPS) is 11.2. The average Bonchev–Trinajstić information content (AvgIpc) is 2.31. The third kappa shape index (κ3) is 6.62. The van der Waals surface area contributed by atoms with Crippen molar-refractivity contribution in [3.8, 4) is 0 Å². The van der Waals surface area contributed by atoms with Crippen LogP contribution >= 0.6 is 0 Å². The van der Waals surface area contributed by atoms with Crippen LogP contribution in [0.25, 0.3) is 0 Å². The van der Waals surface area contributed by atoms with Crippen LogP contribution in [0, 0.1) is 6.92 Å². The Labute approximate surface area is 112 Å². The van der Waals surface area contributed by atoms with Gasteiger partial charge in [-0.15, -0.1) is 0 Å². The lowest BCUT2D eigenvalue weighted by Gasteiger charge is -2.18. The second kappa shape index (κ2) is 8.11. The molecule has 0 aliphatic heterocycles. The van der Waals surface area contributed by atoms with E-state index < -0.39 is 0 Å². The summed E-state index contributed by atoms with van der Waals surface area (Å²) in [6.45, 7) is 6.52. The van der Waals surface area contributed by atoms with E-state index >= 15 is 0 Å². The van der Waals surface area contributed by atoms with E-state index in [-0.39, 0.29) is 0 Å². The molecule has 0 fully saturated rings. The van der Waals surface area contributed by atoms with E-state index in [1.165, 1.54) is 17.7 Å². The fourth-order valence-electron chi connectivity index (χ4n) is 1.83. The summed E-state index contributed by atoms with van der Waals surface area (Å²) in [5, 5.41) is 3.45. The van der Waals surface area contributed by atoms with Crippen molar-refractivity contribution in [2.24, 2.45) is 0 Å². The Bertz CT molecular complexity index is 319. The Kier molecular flexibility index (Phi) is 6.76. The Morgan fingerprint density at radius 1 is 0.944 bits per heavy atom. The topological polar surface area (TPSA) is 18.5 Å². The van der Waals surface area contributed by atoms with Crippen molar-refractivity contribution in [1.82, 2.24) is 9.80 Å². The van der Waals surface area contributed by atoms with Crippen LogP contribution in [0.4, 0.5) is 5.69 Å². The van der Waals surface area contributed by atoms with E-state index in [1.807, 2.05) is 0 Å². The molecule has 0 aromatic heterocycles. The van der Waals surface area contributed by atoms with Gasteiger partial charge < -0.3 is 15.1 Å². The quantitative estimate of drug-likeness (QED) is 0.762. The number of nitrogens with one attached hydrogen (secondary N) is 1. The monoisotopic (exact) mass is 249 g/mol. The van der Waals surface area contributed by atoms with Crippen LogP contribution in [0.3, 0.4) is 0 Å². The second-order valence-corrected chi connectivity index (χ2v) is 5.25. The number of anilines is 1. The average molecular weight is 249 g/mol. The Morgan fingerprint density at radius 3 is 2.22 bits per heavy atom. The van der Waals surface area contributed by atoms with Gasteiger partial charge in [0.2, 0.25) is 0 Å². The van der Waals surface area contributed by atoms with Gasteiger partial charge in [-0.1, -0.05) is 17.7 Å². The molecule has 0 heterocycles. The maximum Gasteiger partial charge on any atom is 0.0340 e. The molecule has 0 atom stereocenters. The molecule has 1 N–H and O–H groups in total. The van der Waals surface area contributed by atoms with E-state index in [2.05, 4.69) is 67.4 Å². The van der Waals surface area contributed by atoms with Crippen LogP contribution in [0.1, 0.15) is 12.0 Å². The first kappa shape index (κ1) is 15.0. The molecular formula is C15H27N3. The summed E-state index contributed by atoms with van der Waals surface area (Å²) in [6, 6.07) is 8.56. The summed E-state index contributed by atoms with van der Waals surface area (Å²) in [5.41, 5.74) is 2.52. The SMILES string of the molecule is Cc1ccc(NCCN(C)CCCN(C)C)cc1. The van der Waals surface area contributed by atoms with Crippen molar-refractivity contribution in [3.05, 3.63) is 29.8 Å². The van der Waals surface area contributed by atoms with E-state index in [0.29, 0.717) is 0 Å². The molecule has 0 amide bonds. The molecule has 102 valence electrons. The Morgan fingerprint density at radius 2 is 1.61 bits per heavy atom. The molecule has 1 aromatic rings. The third-order valence-electron chi connectivity index (χ3n) is 3.02. The van der Waals surface area contributed by atoms with Gasteiger partial charge in [-0.05, 0) is 59.7 Å². The first-order valence-corrected chi connectivity index (χ1v) is 6.72. The van der Waals surface area contributed by atoms with Crippen LogP contribution in [0.2, 0.25) is 0 Å². The molecule has 0 saturated heterocycles. The zero-order chi connectivity index (χ0) is 13.4. The van der Waals surface area contributed by atoms with Gasteiger partial charge in [0.15, 0.2) is 0 Å². The van der Waals surface area contributed by atoms with Crippen molar-refractivity contribution in [2.75, 3.05) is 52.6 Å². The van der Waals surface area contributed by atoms with Gasteiger partial charge in [0.25, 0.3) is 0 Å². The summed E-state index contributed by atoms with van der Waals surface area (Å²) in [7, 11) is 6.43. The molecule has 0 radical (unpaired) electrons. The van der Waals surface area contributed by atoms with Gasteiger partial charge in [0.05, 0.1) is 0 Å². The van der Waals surface area contributed by atoms with Gasteiger partial charge >= 0.3 is 0 Å². The molecule has 0 aliphatic rings. The van der Waals surface area contributed by atoms with E-state index in [4.69, 9.17) is 0 Å². The molecule has 3 heteroatoms. The van der Waals surface area contributed by atoms with Crippen LogP contribution in [0.15, 0.2) is 24.3 Å². The molecule has 18 heavy (non-hydrogen) atoms. The number of benzene rings is 1. The van der Waals surface area contributed by atoms with Gasteiger partial charge in [-0.25, -0.2) is 0 Å². The van der Waals surface area contributed by atoms with E-state index in [0.717, 1.165) is 26.2 Å². The molecule has 1 aromatic carbocycles. The zero-order valence-corrected chi connectivity index (χ0v) is 12.2. The van der Waals surface area contributed by atoms with Gasteiger partial charge in [-0.3, -0.25) is 0 Å². The standard InChI is InChI=1S/C15H27N3/c1-14-6-8-15(9-7-14)16-10-13-18(4)12-5-11-17(2)3/h6-9,16H,5,10-13H2,1-4H3. The first-order chi connectivity index (χ1) is 8.58. The minimum absolute atomic E-state index is 1.00. The van der Waals surface area contributed by atoms with E-state index in [9.17, 15) is 0 Å². The summed E-state index contributed by atoms with van der Waals surface area (Å²) in [5.74, 6) is 0. The molecule has 0 saturated carbocycles. The number of aryl methyl sites for hydroxylation is 1. The highest BCUT2D eigenvalue weighted by atomic mass is 15.1. The van der Waals surface area contributed by atoms with Crippen LogP contribution < -0.4 is 5.32 Å². The lowest BCUT2D eigenvalue weighted by Crippen LogP contribution is -2.28. The van der Waals surface area contributed by atoms with Crippen LogP contribution in [-0.4, -0.2) is 57.1 Å². The predicted octanol–water partition coefficient (Wildman–Crippen LogP) is 2.29. The maximum absolute atomic E-state index is 3.45. The first-order valence-electron chi connectivity index (χ1n) is 6.72. The minimum Gasteiger partial charge on any atom is -0.384 e. The minimum atomic E-state index is 1.00. The van der Waals surface area contributed by atoms with Crippen LogP contribution in [-0.2, 0) is 0 Å². The highest BCUT2D eigenvalue weighted by molar-refractivity contribution is 5.44. The van der Waals surface area contributed by atoms with Crippen molar-refractivity contribution in [2.45, 2.75) is 13.3 Å². The maximum atomic E-state index is 3.45. The second-order valence-electron chi connectivity index (χ2n) is 5.25. The Hall–Kier alpha value is -1.06. The fraction of sp³-hybridized carbons (Fsp3) is 0.600. The lowest BCUT2D eigenvalue weighted by molar-refractivity contribution is 0.308. The molecule has 0 bridgehead atoms. The smallest absolute Gasteiger partial charge is 0.0340 e. The summed E-state index contributed by atoms with van der Waals surface area (Å²) in [4.78, 5) is 4.61. The number of nitrogens with zero attached hydrogens (tertiary/aromatic N) is 2. The summed E-state index contributed by atoms with van der Waals surface area (Å²) in [6.07, 6.45) is 1.23. The van der Waals surface area contributed by atoms with Crippen molar-refractivity contribution in [1.29, 1.82) is 0 Å². The van der Waals surface area contributed by atoms with Crippen molar-refractivity contribution in [3.63, 3.8) is 0 Å². The zero-order valence-electron chi connectivity index (χ0n) is 12.2. The van der Waals surface area contributed by atoms with Crippen molar-refractivity contribution >= 4 is 5.69 Å². The molecule has 0 spiro atoms. The third-order valence-corrected chi connectivity index (χ3v) is 3.02. The molecule has 1 rings (SSSR count). The molecule has 0 aliphatic carbocycles. The number of hydrogen-bond donors (Lipinski definition) is 1. The van der Waals surface area contributed by atoms with Crippen LogP contribution in [0.5, 0.6) is 0 Å². The molecule has 3 nitrogen and oxygen atoms in total. The number of hydrogen-bond acceptors (Lipinski definition) is 3. The van der Waals surface area contributed by atoms with E-state index in [1.54, 1.807) is 0 Å². The van der Waals surface area contributed by atoms with Gasteiger partial charge in [-0.2, -0.15) is 0 Å². The number of likely N-dealkylation sites (N-methyl/N-ethyl adjacent to an activating group) is 1. The largest absolute Gasteiger partial charge is 0.384 e. The summed E-state index contributed by atoms with van der Waals surface area (Å²) < 4.78 is 0. The lowest BCUT2D eigenvalue weighted by atomic mass is 10.2. The van der Waals surface area contributed by atoms with Crippen molar-refractivity contribution < 1.29 is 0 Å². The summed E-state index contributed by atoms with van der Waals surface area (Å²) >= 11 is 0.